The van der Waals surface area contributed by atoms with Gasteiger partial charge in [0.25, 0.3) is 0 Å². The summed E-state index contributed by atoms with van der Waals surface area (Å²) in [5.41, 5.74) is 0.658. The first-order valence-electron chi connectivity index (χ1n) is 6.74. The summed E-state index contributed by atoms with van der Waals surface area (Å²) in [5, 5.41) is 0.495. The summed E-state index contributed by atoms with van der Waals surface area (Å²) in [4.78, 5) is 12.0. The van der Waals surface area contributed by atoms with Gasteiger partial charge in [-0.2, -0.15) is 0 Å². The molecule has 0 heterocycles. The van der Waals surface area contributed by atoms with Gasteiger partial charge in [0, 0.05) is 17.7 Å². The number of hydrogen-bond acceptors (Lipinski definition) is 4. The third-order valence-corrected chi connectivity index (χ3v) is 3.52. The molecule has 0 radical (unpaired) electrons. The van der Waals surface area contributed by atoms with Crippen LogP contribution in [0.25, 0.3) is 0 Å². The van der Waals surface area contributed by atoms with Gasteiger partial charge in [-0.15, -0.1) is 0 Å². The normalized spacial score (nSPS) is 13.2. The molecular formula is C17H17ClO4. The summed E-state index contributed by atoms with van der Waals surface area (Å²) in [6, 6.07) is 16.3. The maximum absolute atomic E-state index is 12.0. The monoisotopic (exact) mass is 320 g/mol. The Hall–Kier alpha value is -2.04. The summed E-state index contributed by atoms with van der Waals surface area (Å²) in [7, 11) is 2.74. The van der Waals surface area contributed by atoms with Gasteiger partial charge in [-0.05, 0) is 18.2 Å². The molecule has 0 aliphatic rings. The average Bonchev–Trinajstić information content (AvgIpc) is 2.56. The van der Waals surface area contributed by atoms with Crippen molar-refractivity contribution in [2.75, 3.05) is 14.2 Å². The second-order valence-corrected chi connectivity index (χ2v) is 4.96. The van der Waals surface area contributed by atoms with E-state index >= 15 is 0 Å². The number of benzene rings is 2. The second kappa shape index (κ2) is 7.82. The Balaban J connectivity index is 2.40. The Morgan fingerprint density at radius 3 is 2.23 bits per heavy atom. The van der Waals surface area contributed by atoms with E-state index in [-0.39, 0.29) is 0 Å². The van der Waals surface area contributed by atoms with Crippen molar-refractivity contribution in [1.29, 1.82) is 0 Å². The maximum atomic E-state index is 12.0. The molecule has 2 atom stereocenters. The molecule has 0 aromatic heterocycles. The average molecular weight is 321 g/mol. The molecule has 0 fully saturated rings. The highest BCUT2D eigenvalue weighted by Crippen LogP contribution is 2.31. The summed E-state index contributed by atoms with van der Waals surface area (Å²) < 4.78 is 16.0. The Bertz CT molecular complexity index is 615. The molecule has 2 aromatic carbocycles. The molecule has 2 rings (SSSR count). The predicted octanol–water partition coefficient (Wildman–Crippen LogP) is 3.65. The molecule has 4 nitrogen and oxygen atoms in total. The van der Waals surface area contributed by atoms with E-state index in [0.717, 1.165) is 0 Å². The van der Waals surface area contributed by atoms with E-state index in [0.29, 0.717) is 16.3 Å². The SMILES string of the molecule is COC(=O)C(OC)C(Oc1ccccc1)c1ccccc1Cl. The fraction of sp³-hybridized carbons (Fsp3) is 0.235. The lowest BCUT2D eigenvalue weighted by Gasteiger charge is -2.26. The molecule has 0 amide bonds. The first kappa shape index (κ1) is 16.3. The van der Waals surface area contributed by atoms with Crippen molar-refractivity contribution in [1.82, 2.24) is 0 Å². The highest BCUT2D eigenvalue weighted by molar-refractivity contribution is 6.31. The zero-order chi connectivity index (χ0) is 15.9. The van der Waals surface area contributed by atoms with E-state index in [1.165, 1.54) is 14.2 Å². The molecule has 0 N–H and O–H groups in total. The number of halogens is 1. The quantitative estimate of drug-likeness (QED) is 0.762. The molecule has 0 bridgehead atoms. The third kappa shape index (κ3) is 3.78. The van der Waals surface area contributed by atoms with E-state index in [2.05, 4.69) is 0 Å². The van der Waals surface area contributed by atoms with Gasteiger partial charge in [0.15, 0.2) is 12.2 Å². The first-order valence-corrected chi connectivity index (χ1v) is 7.12. The Kier molecular flexibility index (Phi) is 5.81. The molecule has 2 aromatic rings. The number of carbonyl (C=O) groups excluding carboxylic acids is 1. The van der Waals surface area contributed by atoms with Gasteiger partial charge in [-0.25, -0.2) is 4.79 Å². The third-order valence-electron chi connectivity index (χ3n) is 3.18. The zero-order valence-corrected chi connectivity index (χ0v) is 13.1. The number of hydrogen-bond donors (Lipinski definition) is 0. The number of para-hydroxylation sites is 1. The van der Waals surface area contributed by atoms with E-state index in [1.54, 1.807) is 24.3 Å². The number of methoxy groups -OCH3 is 2. The van der Waals surface area contributed by atoms with Crippen molar-refractivity contribution >= 4 is 17.6 Å². The number of rotatable bonds is 6. The smallest absolute Gasteiger partial charge is 0.339 e. The van der Waals surface area contributed by atoms with Gasteiger partial charge >= 0.3 is 5.97 Å². The largest absolute Gasteiger partial charge is 0.482 e. The molecule has 5 heteroatoms. The minimum absolute atomic E-state index is 0.495. The summed E-state index contributed by atoms with van der Waals surface area (Å²) in [6.45, 7) is 0. The number of esters is 1. The molecule has 2 unspecified atom stereocenters. The minimum atomic E-state index is -0.926. The highest BCUT2D eigenvalue weighted by atomic mass is 35.5. The van der Waals surface area contributed by atoms with Crippen molar-refractivity contribution in [3.8, 4) is 5.75 Å². The van der Waals surface area contributed by atoms with Crippen LogP contribution in [0, 0.1) is 0 Å². The molecule has 116 valence electrons. The Labute approximate surface area is 134 Å². The topological polar surface area (TPSA) is 44.8 Å². The van der Waals surface area contributed by atoms with Gasteiger partial charge in [-0.3, -0.25) is 0 Å². The van der Waals surface area contributed by atoms with Crippen LogP contribution in [0.4, 0.5) is 0 Å². The van der Waals surface area contributed by atoms with Crippen LogP contribution < -0.4 is 4.74 Å². The van der Waals surface area contributed by atoms with Gasteiger partial charge in [-0.1, -0.05) is 48.0 Å². The maximum Gasteiger partial charge on any atom is 0.339 e. The standard InChI is InChI=1S/C17H17ClO4/c1-20-16(17(19)21-2)15(13-10-6-7-11-14(13)18)22-12-8-4-3-5-9-12/h3-11,15-16H,1-2H3. The first-order chi connectivity index (χ1) is 10.7. The minimum Gasteiger partial charge on any atom is -0.482 e. The van der Waals surface area contributed by atoms with Crippen LogP contribution in [0.15, 0.2) is 54.6 Å². The van der Waals surface area contributed by atoms with Gasteiger partial charge in [0.1, 0.15) is 5.75 Å². The highest BCUT2D eigenvalue weighted by Gasteiger charge is 2.33. The summed E-state index contributed by atoms with van der Waals surface area (Å²) >= 11 is 6.25. The van der Waals surface area contributed by atoms with Crippen LogP contribution in [0.3, 0.4) is 0 Å². The van der Waals surface area contributed by atoms with E-state index in [9.17, 15) is 4.79 Å². The van der Waals surface area contributed by atoms with Crippen molar-refractivity contribution in [3.05, 3.63) is 65.2 Å². The van der Waals surface area contributed by atoms with Gasteiger partial charge < -0.3 is 14.2 Å². The number of ether oxygens (including phenoxy) is 3. The zero-order valence-electron chi connectivity index (χ0n) is 12.4. The van der Waals surface area contributed by atoms with Gasteiger partial charge in [0.2, 0.25) is 0 Å². The lowest BCUT2D eigenvalue weighted by molar-refractivity contribution is -0.158. The van der Waals surface area contributed by atoms with E-state index < -0.39 is 18.2 Å². The van der Waals surface area contributed by atoms with Crippen LogP contribution in [0.5, 0.6) is 5.75 Å². The molecule has 0 saturated heterocycles. The lowest BCUT2D eigenvalue weighted by Crippen LogP contribution is -2.34. The molecule has 0 saturated carbocycles. The molecular weight excluding hydrogens is 304 g/mol. The van der Waals surface area contributed by atoms with E-state index in [4.69, 9.17) is 25.8 Å². The lowest BCUT2D eigenvalue weighted by atomic mass is 10.0. The fourth-order valence-corrected chi connectivity index (χ4v) is 2.34. The number of carbonyl (C=O) groups is 1. The van der Waals surface area contributed by atoms with Crippen molar-refractivity contribution in [2.45, 2.75) is 12.2 Å². The van der Waals surface area contributed by atoms with Crippen LogP contribution in [0.2, 0.25) is 5.02 Å². The summed E-state index contributed by atoms with van der Waals surface area (Å²) in [5.74, 6) is 0.0849. The van der Waals surface area contributed by atoms with Crippen LogP contribution in [-0.4, -0.2) is 26.3 Å². The Morgan fingerprint density at radius 2 is 1.64 bits per heavy atom. The molecule has 0 aliphatic carbocycles. The molecule has 0 aliphatic heterocycles. The molecule has 0 spiro atoms. The van der Waals surface area contributed by atoms with E-state index in [1.807, 2.05) is 30.3 Å². The van der Waals surface area contributed by atoms with Crippen molar-refractivity contribution in [2.24, 2.45) is 0 Å². The van der Waals surface area contributed by atoms with Crippen molar-refractivity contribution < 1.29 is 19.0 Å². The molecule has 22 heavy (non-hydrogen) atoms. The predicted molar refractivity (Wildman–Crippen MR) is 84.1 cm³/mol. The van der Waals surface area contributed by atoms with Crippen molar-refractivity contribution in [3.63, 3.8) is 0 Å². The van der Waals surface area contributed by atoms with Crippen LogP contribution >= 0.6 is 11.6 Å². The van der Waals surface area contributed by atoms with Crippen LogP contribution in [0.1, 0.15) is 11.7 Å². The summed E-state index contributed by atoms with van der Waals surface area (Å²) in [6.07, 6.45) is -1.64. The van der Waals surface area contributed by atoms with Crippen LogP contribution in [-0.2, 0) is 14.3 Å². The fourth-order valence-electron chi connectivity index (χ4n) is 2.10. The Morgan fingerprint density at radius 1 is 1.00 bits per heavy atom. The van der Waals surface area contributed by atoms with Gasteiger partial charge in [0.05, 0.1) is 7.11 Å². The second-order valence-electron chi connectivity index (χ2n) is 4.55.